The average molecular weight is 220 g/mol. The third-order valence-electron chi connectivity index (χ3n) is 2.26. The van der Waals surface area contributed by atoms with Crippen LogP contribution in [0.4, 0.5) is 0 Å². The van der Waals surface area contributed by atoms with E-state index >= 15 is 0 Å². The largest absolute Gasteiger partial charge is 0.466 e. The van der Waals surface area contributed by atoms with Gasteiger partial charge in [0.1, 0.15) is 0 Å². The molecule has 0 heterocycles. The zero-order valence-corrected chi connectivity index (χ0v) is 10.7. The number of esters is 1. The van der Waals surface area contributed by atoms with Crippen molar-refractivity contribution in [1.82, 2.24) is 0 Å². The standard InChI is InChI=1S/C12H14O2.C2H6/c1-9(10(2)12(13)14-3)11-7-5-4-6-8-11;1-2/h4-8H,1-3H3;1-2H3. The van der Waals surface area contributed by atoms with E-state index in [1.54, 1.807) is 6.92 Å². The number of rotatable bonds is 2. The van der Waals surface area contributed by atoms with Crippen molar-refractivity contribution in [1.29, 1.82) is 0 Å². The van der Waals surface area contributed by atoms with E-state index in [0.29, 0.717) is 5.57 Å². The molecule has 0 atom stereocenters. The highest BCUT2D eigenvalue weighted by Gasteiger charge is 2.08. The van der Waals surface area contributed by atoms with Crippen LogP contribution < -0.4 is 0 Å². The summed E-state index contributed by atoms with van der Waals surface area (Å²) in [4.78, 5) is 11.2. The second-order valence-corrected chi connectivity index (χ2v) is 3.11. The molecule has 0 aromatic heterocycles. The van der Waals surface area contributed by atoms with Crippen LogP contribution in [-0.4, -0.2) is 13.1 Å². The van der Waals surface area contributed by atoms with Gasteiger partial charge in [0.15, 0.2) is 0 Å². The summed E-state index contributed by atoms with van der Waals surface area (Å²) in [6.07, 6.45) is 0. The highest BCUT2D eigenvalue weighted by atomic mass is 16.5. The Labute approximate surface area is 97.9 Å². The Hall–Kier alpha value is -1.57. The summed E-state index contributed by atoms with van der Waals surface area (Å²) >= 11 is 0. The minimum absolute atomic E-state index is 0.272. The van der Waals surface area contributed by atoms with Gasteiger partial charge in [-0.1, -0.05) is 44.2 Å². The van der Waals surface area contributed by atoms with E-state index in [9.17, 15) is 4.79 Å². The van der Waals surface area contributed by atoms with E-state index in [4.69, 9.17) is 0 Å². The van der Waals surface area contributed by atoms with Gasteiger partial charge in [0.25, 0.3) is 0 Å². The van der Waals surface area contributed by atoms with Gasteiger partial charge in [-0.2, -0.15) is 0 Å². The van der Waals surface area contributed by atoms with Crippen LogP contribution in [0, 0.1) is 0 Å². The molecule has 88 valence electrons. The SMILES string of the molecule is CC.COC(=O)C(C)=C(C)c1ccccc1. The lowest BCUT2D eigenvalue weighted by Gasteiger charge is -2.05. The Balaban J connectivity index is 0.00000106. The molecule has 1 aromatic carbocycles. The lowest BCUT2D eigenvalue weighted by Crippen LogP contribution is -2.03. The third kappa shape index (κ3) is 3.89. The first-order valence-electron chi connectivity index (χ1n) is 5.48. The molecular weight excluding hydrogens is 200 g/mol. The van der Waals surface area contributed by atoms with Gasteiger partial charge in [0.2, 0.25) is 0 Å². The number of methoxy groups -OCH3 is 1. The molecule has 2 nitrogen and oxygen atoms in total. The Morgan fingerprint density at radius 2 is 1.56 bits per heavy atom. The van der Waals surface area contributed by atoms with Gasteiger partial charge in [0.05, 0.1) is 7.11 Å². The second kappa shape index (κ2) is 7.69. The van der Waals surface area contributed by atoms with E-state index in [1.807, 2.05) is 51.1 Å². The van der Waals surface area contributed by atoms with Gasteiger partial charge in [-0.3, -0.25) is 0 Å². The van der Waals surface area contributed by atoms with E-state index in [0.717, 1.165) is 11.1 Å². The summed E-state index contributed by atoms with van der Waals surface area (Å²) < 4.78 is 4.66. The maximum atomic E-state index is 11.2. The molecule has 0 radical (unpaired) electrons. The summed E-state index contributed by atoms with van der Waals surface area (Å²) in [6.45, 7) is 7.69. The molecular formula is C14H20O2. The van der Waals surface area contributed by atoms with Crippen molar-refractivity contribution in [2.45, 2.75) is 27.7 Å². The molecule has 0 saturated carbocycles. The molecule has 0 aliphatic carbocycles. The van der Waals surface area contributed by atoms with Crippen molar-refractivity contribution in [3.8, 4) is 0 Å². The zero-order valence-electron chi connectivity index (χ0n) is 10.7. The van der Waals surface area contributed by atoms with Crippen molar-refractivity contribution in [2.24, 2.45) is 0 Å². The van der Waals surface area contributed by atoms with Gasteiger partial charge in [-0.15, -0.1) is 0 Å². The van der Waals surface area contributed by atoms with E-state index in [2.05, 4.69) is 4.74 Å². The van der Waals surface area contributed by atoms with E-state index in [1.165, 1.54) is 7.11 Å². The van der Waals surface area contributed by atoms with Gasteiger partial charge in [-0.25, -0.2) is 4.79 Å². The molecule has 2 heteroatoms. The van der Waals surface area contributed by atoms with Crippen LogP contribution in [0.15, 0.2) is 35.9 Å². The molecule has 16 heavy (non-hydrogen) atoms. The number of allylic oxidation sites excluding steroid dienone is 1. The van der Waals surface area contributed by atoms with E-state index < -0.39 is 0 Å². The van der Waals surface area contributed by atoms with Crippen LogP contribution in [0.2, 0.25) is 0 Å². The summed E-state index contributed by atoms with van der Waals surface area (Å²) in [5.74, 6) is -0.272. The number of benzene rings is 1. The van der Waals surface area contributed by atoms with Crippen molar-refractivity contribution in [3.05, 3.63) is 41.5 Å². The van der Waals surface area contributed by atoms with Gasteiger partial charge < -0.3 is 4.74 Å². The number of hydrogen-bond donors (Lipinski definition) is 0. The molecule has 0 unspecified atom stereocenters. The van der Waals surface area contributed by atoms with Crippen LogP contribution in [-0.2, 0) is 9.53 Å². The number of ether oxygens (including phenoxy) is 1. The first-order valence-corrected chi connectivity index (χ1v) is 5.48. The monoisotopic (exact) mass is 220 g/mol. The Kier molecular flexibility index (Phi) is 6.93. The number of carbonyl (C=O) groups is 1. The van der Waals surface area contributed by atoms with Gasteiger partial charge in [-0.05, 0) is 25.0 Å². The fraction of sp³-hybridized carbons (Fsp3) is 0.357. The first kappa shape index (κ1) is 14.4. The van der Waals surface area contributed by atoms with Gasteiger partial charge >= 0.3 is 5.97 Å². The third-order valence-corrected chi connectivity index (χ3v) is 2.26. The predicted octanol–water partition coefficient (Wildman–Crippen LogP) is 3.68. The molecule has 0 aliphatic rings. The minimum atomic E-state index is -0.272. The Morgan fingerprint density at radius 1 is 1.06 bits per heavy atom. The van der Waals surface area contributed by atoms with Crippen molar-refractivity contribution < 1.29 is 9.53 Å². The Bertz CT molecular complexity index is 350. The summed E-state index contributed by atoms with van der Waals surface area (Å²) in [5, 5.41) is 0. The second-order valence-electron chi connectivity index (χ2n) is 3.11. The van der Waals surface area contributed by atoms with Crippen LogP contribution in [0.1, 0.15) is 33.3 Å². The minimum Gasteiger partial charge on any atom is -0.466 e. The quantitative estimate of drug-likeness (QED) is 0.561. The molecule has 0 fully saturated rings. The Morgan fingerprint density at radius 3 is 2.00 bits per heavy atom. The average Bonchev–Trinajstić information content (AvgIpc) is 2.39. The summed E-state index contributed by atoms with van der Waals surface area (Å²) in [6, 6.07) is 9.79. The topological polar surface area (TPSA) is 26.3 Å². The fourth-order valence-electron chi connectivity index (χ4n) is 1.21. The molecule has 1 aromatic rings. The lowest BCUT2D eigenvalue weighted by molar-refractivity contribution is -0.135. The van der Waals surface area contributed by atoms with E-state index in [-0.39, 0.29) is 5.97 Å². The maximum Gasteiger partial charge on any atom is 0.333 e. The van der Waals surface area contributed by atoms with Crippen LogP contribution >= 0.6 is 0 Å². The van der Waals surface area contributed by atoms with Gasteiger partial charge in [0, 0.05) is 5.57 Å². The smallest absolute Gasteiger partial charge is 0.333 e. The maximum absolute atomic E-state index is 11.2. The molecule has 0 aliphatic heterocycles. The normalized spacial score (nSPS) is 10.8. The molecule has 0 spiro atoms. The fourth-order valence-corrected chi connectivity index (χ4v) is 1.21. The summed E-state index contributed by atoms with van der Waals surface area (Å²) in [5.41, 5.74) is 2.66. The van der Waals surface area contributed by atoms with Crippen molar-refractivity contribution in [3.63, 3.8) is 0 Å². The van der Waals surface area contributed by atoms with Crippen LogP contribution in [0.5, 0.6) is 0 Å². The van der Waals surface area contributed by atoms with Crippen molar-refractivity contribution >= 4 is 11.5 Å². The molecule has 0 N–H and O–H groups in total. The first-order chi connectivity index (χ1) is 7.66. The molecule has 0 amide bonds. The number of carbonyl (C=O) groups excluding carboxylic acids is 1. The molecule has 0 bridgehead atoms. The van der Waals surface area contributed by atoms with Crippen LogP contribution in [0.3, 0.4) is 0 Å². The van der Waals surface area contributed by atoms with Crippen molar-refractivity contribution in [2.75, 3.05) is 7.11 Å². The zero-order chi connectivity index (χ0) is 12.6. The highest BCUT2D eigenvalue weighted by molar-refractivity contribution is 5.96. The number of hydrogen-bond acceptors (Lipinski definition) is 2. The molecule has 0 saturated heterocycles. The summed E-state index contributed by atoms with van der Waals surface area (Å²) in [7, 11) is 1.39. The van der Waals surface area contributed by atoms with Crippen LogP contribution in [0.25, 0.3) is 5.57 Å². The molecule has 1 rings (SSSR count). The lowest BCUT2D eigenvalue weighted by atomic mass is 10.0. The predicted molar refractivity (Wildman–Crippen MR) is 68.1 cm³/mol. The highest BCUT2D eigenvalue weighted by Crippen LogP contribution is 2.18.